The molecule has 0 heterocycles. The first-order valence-electron chi connectivity index (χ1n) is 7.00. The van der Waals surface area contributed by atoms with E-state index in [4.69, 9.17) is 22.5 Å². The number of hydrogen-bond acceptors (Lipinski definition) is 3. The SMILES string of the molecule is Cc1c(F)c(N)cc(C(=O)O)c1F.[C-]#[N+]c1cc(C(=O)O)c(F)c(C)c1F. The monoisotopic (exact) mass is 384 g/mol. The summed E-state index contributed by atoms with van der Waals surface area (Å²) in [6, 6.07) is 1.45. The van der Waals surface area contributed by atoms with E-state index in [1.54, 1.807) is 0 Å². The van der Waals surface area contributed by atoms with Crippen molar-refractivity contribution in [1.29, 1.82) is 0 Å². The van der Waals surface area contributed by atoms with Crippen molar-refractivity contribution in [1.82, 2.24) is 0 Å². The van der Waals surface area contributed by atoms with E-state index >= 15 is 0 Å². The Balaban J connectivity index is 0.000000271. The van der Waals surface area contributed by atoms with Crippen molar-refractivity contribution < 1.29 is 37.4 Å². The zero-order valence-electron chi connectivity index (χ0n) is 13.9. The predicted molar refractivity (Wildman–Crippen MR) is 86.8 cm³/mol. The molecule has 0 unspecified atom stereocenters. The molecule has 6 nitrogen and oxygen atoms in total. The first kappa shape index (κ1) is 21.4. The van der Waals surface area contributed by atoms with Crippen molar-refractivity contribution in [2.75, 3.05) is 5.73 Å². The molecule has 27 heavy (non-hydrogen) atoms. The number of halogens is 4. The Morgan fingerprint density at radius 1 is 0.889 bits per heavy atom. The summed E-state index contributed by atoms with van der Waals surface area (Å²) in [6.07, 6.45) is 0. The smallest absolute Gasteiger partial charge is 0.338 e. The Morgan fingerprint density at radius 2 is 1.30 bits per heavy atom. The first-order valence-corrected chi connectivity index (χ1v) is 7.00. The van der Waals surface area contributed by atoms with Gasteiger partial charge in [-0.25, -0.2) is 32.0 Å². The number of carbonyl (C=O) groups is 2. The first-order chi connectivity index (χ1) is 12.4. The van der Waals surface area contributed by atoms with Crippen molar-refractivity contribution in [2.24, 2.45) is 0 Å². The number of benzene rings is 2. The van der Waals surface area contributed by atoms with E-state index in [0.29, 0.717) is 6.07 Å². The highest BCUT2D eigenvalue weighted by atomic mass is 19.1. The van der Waals surface area contributed by atoms with Crippen LogP contribution in [0.1, 0.15) is 31.8 Å². The van der Waals surface area contributed by atoms with Crippen LogP contribution in [-0.2, 0) is 0 Å². The minimum absolute atomic E-state index is 0.365. The lowest BCUT2D eigenvalue weighted by atomic mass is 10.1. The molecule has 0 saturated carbocycles. The van der Waals surface area contributed by atoms with Gasteiger partial charge in [-0.3, -0.25) is 0 Å². The van der Waals surface area contributed by atoms with Crippen molar-refractivity contribution in [2.45, 2.75) is 13.8 Å². The summed E-state index contributed by atoms with van der Waals surface area (Å²) in [4.78, 5) is 23.7. The van der Waals surface area contributed by atoms with Gasteiger partial charge in [-0.1, -0.05) is 0 Å². The molecule has 4 N–H and O–H groups in total. The van der Waals surface area contributed by atoms with Crippen molar-refractivity contribution in [3.05, 3.63) is 69.1 Å². The van der Waals surface area contributed by atoms with Crippen LogP contribution in [0.3, 0.4) is 0 Å². The maximum atomic E-state index is 13.1. The Kier molecular flexibility index (Phi) is 6.49. The van der Waals surface area contributed by atoms with Crippen LogP contribution >= 0.6 is 0 Å². The Morgan fingerprint density at radius 3 is 1.70 bits per heavy atom. The molecule has 0 spiro atoms. The Bertz CT molecular complexity index is 984. The van der Waals surface area contributed by atoms with Crippen LogP contribution in [0.2, 0.25) is 0 Å². The molecule has 142 valence electrons. The highest BCUT2D eigenvalue weighted by Gasteiger charge is 2.19. The van der Waals surface area contributed by atoms with E-state index in [-0.39, 0.29) is 11.3 Å². The highest BCUT2D eigenvalue weighted by molar-refractivity contribution is 5.90. The number of anilines is 1. The number of carboxylic acid groups (broad SMARTS) is 2. The summed E-state index contributed by atoms with van der Waals surface area (Å²) in [6.45, 7) is 8.78. The van der Waals surface area contributed by atoms with Crippen molar-refractivity contribution in [3.63, 3.8) is 0 Å². The molecule has 0 aliphatic carbocycles. The molecular formula is C17H12F4N2O4. The molecule has 2 aromatic carbocycles. The van der Waals surface area contributed by atoms with Gasteiger partial charge in [0.25, 0.3) is 0 Å². The summed E-state index contributed by atoms with van der Waals surface area (Å²) in [5, 5.41) is 17.0. The number of nitrogen functional groups attached to an aromatic ring is 1. The number of nitrogens with zero attached hydrogens (tertiary/aromatic N) is 1. The summed E-state index contributed by atoms with van der Waals surface area (Å²) in [5.74, 6) is -7.13. The van der Waals surface area contributed by atoms with Gasteiger partial charge in [0.2, 0.25) is 5.69 Å². The van der Waals surface area contributed by atoms with Gasteiger partial charge in [0, 0.05) is 11.1 Å². The Hall–Kier alpha value is -3.61. The highest BCUT2D eigenvalue weighted by Crippen LogP contribution is 2.26. The molecule has 0 amide bonds. The summed E-state index contributed by atoms with van der Waals surface area (Å²) < 4.78 is 52.1. The molecule has 0 atom stereocenters. The summed E-state index contributed by atoms with van der Waals surface area (Å²) >= 11 is 0. The van der Waals surface area contributed by atoms with E-state index in [9.17, 15) is 27.2 Å². The van der Waals surface area contributed by atoms with Crippen LogP contribution in [0.25, 0.3) is 4.85 Å². The molecule has 10 heteroatoms. The normalized spacial score (nSPS) is 9.81. The lowest BCUT2D eigenvalue weighted by Crippen LogP contribution is -2.06. The quantitative estimate of drug-likeness (QED) is 0.411. The number of aromatic carboxylic acids is 2. The van der Waals surface area contributed by atoms with E-state index in [1.807, 2.05) is 0 Å². The zero-order valence-corrected chi connectivity index (χ0v) is 13.9. The molecule has 2 aromatic rings. The summed E-state index contributed by atoms with van der Waals surface area (Å²) in [7, 11) is 0. The third-order valence-electron chi connectivity index (χ3n) is 3.43. The second-order valence-corrected chi connectivity index (χ2v) is 5.18. The van der Waals surface area contributed by atoms with Gasteiger partial charge in [0.05, 0.1) is 23.4 Å². The van der Waals surface area contributed by atoms with Crippen LogP contribution in [0.15, 0.2) is 12.1 Å². The van der Waals surface area contributed by atoms with Crippen LogP contribution in [0.4, 0.5) is 28.9 Å². The molecule has 0 aliphatic heterocycles. The average Bonchev–Trinajstić information content (AvgIpc) is 2.61. The van der Waals surface area contributed by atoms with Gasteiger partial charge >= 0.3 is 11.9 Å². The van der Waals surface area contributed by atoms with Crippen molar-refractivity contribution >= 4 is 23.3 Å². The van der Waals surface area contributed by atoms with Gasteiger partial charge < -0.3 is 15.9 Å². The van der Waals surface area contributed by atoms with Crippen LogP contribution in [0.5, 0.6) is 0 Å². The fraction of sp³-hybridized carbons (Fsp3) is 0.118. The van der Waals surface area contributed by atoms with Gasteiger partial charge in [-0.15, -0.1) is 0 Å². The molecule has 0 fully saturated rings. The van der Waals surface area contributed by atoms with Crippen molar-refractivity contribution in [3.8, 4) is 0 Å². The molecule has 0 radical (unpaired) electrons. The van der Waals surface area contributed by atoms with Crippen LogP contribution in [-0.4, -0.2) is 22.2 Å². The topological polar surface area (TPSA) is 105 Å². The lowest BCUT2D eigenvalue weighted by molar-refractivity contribution is 0.0680. The number of nitrogens with two attached hydrogens (primary N) is 1. The van der Waals surface area contributed by atoms with Gasteiger partial charge in [-0.2, -0.15) is 0 Å². The second-order valence-electron chi connectivity index (χ2n) is 5.18. The largest absolute Gasteiger partial charge is 0.478 e. The van der Waals surface area contributed by atoms with Gasteiger partial charge in [0.1, 0.15) is 17.5 Å². The molecule has 2 rings (SSSR count). The lowest BCUT2D eigenvalue weighted by Gasteiger charge is -2.05. The van der Waals surface area contributed by atoms with Gasteiger partial charge in [0.15, 0.2) is 5.82 Å². The predicted octanol–water partition coefficient (Wildman–Crippen LogP) is 4.08. The minimum Gasteiger partial charge on any atom is -0.478 e. The fourth-order valence-corrected chi connectivity index (χ4v) is 1.94. The number of rotatable bonds is 2. The minimum atomic E-state index is -1.52. The third kappa shape index (κ3) is 4.33. The standard InChI is InChI=1S/C9H5F2NO2.C8H7F2NO2/c1-4-7(10)5(9(13)14)3-6(12-2)8(4)11;1-3-6(9)4(8(12)13)2-5(11)7(3)10/h3H,1H3,(H,13,14);2H,11H2,1H3,(H,12,13). The van der Waals surface area contributed by atoms with E-state index < -0.39 is 57.6 Å². The van der Waals surface area contributed by atoms with Crippen LogP contribution < -0.4 is 5.73 Å². The van der Waals surface area contributed by atoms with E-state index in [2.05, 4.69) is 4.85 Å². The van der Waals surface area contributed by atoms with E-state index in [0.717, 1.165) is 19.9 Å². The Labute approximate surface area is 150 Å². The molecule has 0 saturated heterocycles. The average molecular weight is 384 g/mol. The molecule has 0 bridgehead atoms. The molecule has 0 aliphatic rings. The van der Waals surface area contributed by atoms with E-state index in [1.165, 1.54) is 0 Å². The second kappa shape index (κ2) is 8.18. The maximum absolute atomic E-state index is 13.1. The number of carboxylic acids is 2. The van der Waals surface area contributed by atoms with Crippen LogP contribution in [0, 0.1) is 43.7 Å². The molecular weight excluding hydrogens is 372 g/mol. The fourth-order valence-electron chi connectivity index (χ4n) is 1.94. The molecule has 0 aromatic heterocycles. The third-order valence-corrected chi connectivity index (χ3v) is 3.43. The maximum Gasteiger partial charge on any atom is 0.338 e. The van der Waals surface area contributed by atoms with Gasteiger partial charge in [-0.05, 0) is 26.0 Å². The zero-order chi connectivity index (χ0) is 21.0. The summed E-state index contributed by atoms with van der Waals surface area (Å²) in [5.41, 5.74) is 2.15. The number of hydrogen-bond donors (Lipinski definition) is 3.